The van der Waals surface area contributed by atoms with E-state index in [2.05, 4.69) is 406 Å². The van der Waals surface area contributed by atoms with E-state index in [1.165, 1.54) is 22.3 Å². The first-order chi connectivity index (χ1) is 47.2. The highest BCUT2D eigenvalue weighted by Crippen LogP contribution is 2.53. The van der Waals surface area contributed by atoms with Crippen LogP contribution in [0.3, 0.4) is 0 Å². The van der Waals surface area contributed by atoms with Gasteiger partial charge in [0.2, 0.25) is 0 Å². The Morgan fingerprint density at radius 2 is 0.471 bits per heavy atom. The van der Waals surface area contributed by atoms with Crippen molar-refractivity contribution < 1.29 is 4.74 Å². The summed E-state index contributed by atoms with van der Waals surface area (Å²) in [6.45, 7) is 71.8. The first kappa shape index (κ1) is 80.1. The van der Waals surface area contributed by atoms with Crippen LogP contribution in [0.1, 0.15) is 205 Å². The number of benzene rings is 6. The van der Waals surface area contributed by atoms with E-state index in [0.717, 1.165) is 89.0 Å². The molecule has 2 aliphatic carbocycles. The molecule has 0 unspecified atom stereocenters. The van der Waals surface area contributed by atoms with Gasteiger partial charge in [0.05, 0.1) is 22.3 Å². The maximum atomic E-state index is 5.50. The highest BCUT2D eigenvalue weighted by Gasteiger charge is 2.45. The van der Waals surface area contributed by atoms with Gasteiger partial charge >= 0.3 is 0 Å². The minimum Gasteiger partial charge on any atom is -0.372 e. The van der Waals surface area contributed by atoms with Gasteiger partial charge in [-0.2, -0.15) is 0 Å². The molecule has 6 heteroatoms. The molecule has 0 N–H and O–H groups in total. The lowest BCUT2D eigenvalue weighted by Crippen LogP contribution is -2.41. The molecule has 6 aromatic carbocycles. The molecular weight excluding hydrogens is 1310 g/mol. The number of methoxy groups -OCH3 is 1. The van der Waals surface area contributed by atoms with Crippen molar-refractivity contribution in [3.8, 4) is 149 Å². The largest absolute Gasteiger partial charge is 0.372 e. The van der Waals surface area contributed by atoms with Gasteiger partial charge in [0.1, 0.15) is 47.0 Å². The summed E-state index contributed by atoms with van der Waals surface area (Å²) in [5.74, 6) is 52.0. The molecule has 8 rings (SSSR count). The Hall–Kier alpha value is -7.60. The van der Waals surface area contributed by atoms with Gasteiger partial charge in [0, 0.05) is 62.7 Å². The lowest BCUT2D eigenvalue weighted by molar-refractivity contribution is 0.240. The van der Waals surface area contributed by atoms with Crippen LogP contribution >= 0.6 is 0 Å². The number of hydrogen-bond donors (Lipinski definition) is 0. The van der Waals surface area contributed by atoms with Crippen molar-refractivity contribution >= 4 is 40.4 Å². The minimum absolute atomic E-state index is 0.00201. The van der Waals surface area contributed by atoms with E-state index in [4.69, 9.17) is 4.74 Å². The molecule has 102 heavy (non-hydrogen) atoms. The third-order valence-corrected chi connectivity index (χ3v) is 49.7. The minimum atomic E-state index is -2.30. The van der Waals surface area contributed by atoms with Gasteiger partial charge in [0.15, 0.2) is 0 Å². The molecule has 6 aromatic rings. The number of fused-ring (bicyclic) bond motifs is 8. The van der Waals surface area contributed by atoms with Crippen molar-refractivity contribution in [2.75, 3.05) is 13.7 Å². The summed E-state index contributed by atoms with van der Waals surface area (Å²) in [6.07, 6.45) is 0. The summed E-state index contributed by atoms with van der Waals surface area (Å²) in [7, 11) is -9.63. The average molecular weight is 1430 g/mol. The van der Waals surface area contributed by atoms with Gasteiger partial charge in [-0.3, -0.25) is 0 Å². The van der Waals surface area contributed by atoms with Crippen molar-refractivity contribution in [3.05, 3.63) is 164 Å². The average Bonchev–Trinajstić information content (AvgIpc) is 0.730. The molecule has 0 saturated heterocycles. The molecule has 0 aromatic heterocycles. The summed E-state index contributed by atoms with van der Waals surface area (Å²) in [5, 5.41) is 0.0543. The molecule has 526 valence electrons. The summed E-state index contributed by atoms with van der Waals surface area (Å²) in [4.78, 5) is 0. The lowest BCUT2D eigenvalue weighted by Gasteiger charge is -2.39. The predicted octanol–water partition coefficient (Wildman–Crippen LogP) is 24.4. The summed E-state index contributed by atoms with van der Waals surface area (Å²) >= 11 is 0. The van der Waals surface area contributed by atoms with Gasteiger partial charge in [-0.1, -0.05) is 342 Å². The highest BCUT2D eigenvalue weighted by molar-refractivity contribution is 6.89. The van der Waals surface area contributed by atoms with E-state index in [0.29, 0.717) is 36.2 Å². The molecule has 2 aliphatic rings. The lowest BCUT2D eigenvalue weighted by atomic mass is 9.76. The zero-order valence-corrected chi connectivity index (χ0v) is 73.2. The van der Waals surface area contributed by atoms with Crippen LogP contribution in [0.2, 0.25) is 90.7 Å². The van der Waals surface area contributed by atoms with Gasteiger partial charge < -0.3 is 4.74 Å². The zero-order valence-electron chi connectivity index (χ0n) is 68.2. The van der Waals surface area contributed by atoms with E-state index in [9.17, 15) is 0 Å². The van der Waals surface area contributed by atoms with Crippen LogP contribution in [-0.4, -0.2) is 54.1 Å². The predicted molar refractivity (Wildman–Crippen MR) is 458 cm³/mol. The fourth-order valence-corrected chi connectivity index (χ4v) is 23.7. The number of rotatable bonds is 11. The monoisotopic (exact) mass is 1420 g/mol. The Kier molecular flexibility index (Phi) is 23.5. The van der Waals surface area contributed by atoms with Crippen LogP contribution < -0.4 is 0 Å². The van der Waals surface area contributed by atoms with Gasteiger partial charge in [0.25, 0.3) is 0 Å². The van der Waals surface area contributed by atoms with Crippen LogP contribution in [-0.2, 0) is 4.74 Å². The number of hydrogen-bond acceptors (Lipinski definition) is 1. The van der Waals surface area contributed by atoms with Crippen molar-refractivity contribution in [1.82, 2.24) is 0 Å². The third-order valence-electron chi connectivity index (χ3n) is 27.0. The maximum absolute atomic E-state index is 5.50. The standard InChI is InChI=1S/C96H116OSi5/c1-67(2)92(11,12)98(22,23)62-56-73-42-44-75(58-64-100(26,27)94(15,16)69(5)6)80(52-54-82-72(37-36-61-97-21)46-48-88-84-38-32-34-40-86(84)90(82)88)78(73)50-51-79-74(57-63-99(24,25)93(13,14)68(3)4)43-45-76(59-65-101(28,29)95(17,18)70(7)8)81(79)53-55-83-77(60-66-102(30,31)96(19,20)71(9)10)47-49-89-85-39-33-35-41-87(85)91(83)89/h32-35,38-49,67-71H,61H2,1-31H3. The Bertz CT molecular complexity index is 4930. The molecule has 0 amide bonds. The molecule has 0 radical (unpaired) electrons. The summed E-state index contributed by atoms with van der Waals surface area (Å²) in [6, 6.07) is 34.8. The molecule has 1 nitrogen and oxygen atoms in total. The second-order valence-electron chi connectivity index (χ2n) is 36.0. The van der Waals surface area contributed by atoms with E-state index < -0.39 is 40.4 Å². The first-order valence-corrected chi connectivity index (χ1v) is 52.3. The quantitative estimate of drug-likeness (QED) is 0.0926. The summed E-state index contributed by atoms with van der Waals surface area (Å²) in [5.41, 5.74) is 39.2. The van der Waals surface area contributed by atoms with E-state index in [1.807, 2.05) is 0 Å². The Balaban J connectivity index is 1.62. The summed E-state index contributed by atoms with van der Waals surface area (Å²) < 4.78 is 5.50. The highest BCUT2D eigenvalue weighted by atomic mass is 28.3. The van der Waals surface area contributed by atoms with Crippen molar-refractivity contribution in [2.24, 2.45) is 29.6 Å². The molecule has 0 heterocycles. The smallest absolute Gasteiger partial charge is 0.138 e. The fourth-order valence-electron chi connectivity index (χ4n) is 12.7. The Morgan fingerprint density at radius 1 is 0.265 bits per heavy atom. The van der Waals surface area contributed by atoms with Crippen LogP contribution in [0.4, 0.5) is 0 Å². The first-order valence-electron chi connectivity index (χ1n) is 37.3. The molecule has 0 atom stereocenters. The second-order valence-corrected chi connectivity index (χ2v) is 59.9. The maximum Gasteiger partial charge on any atom is 0.138 e. The van der Waals surface area contributed by atoms with Gasteiger partial charge in [-0.05, 0) is 125 Å². The van der Waals surface area contributed by atoms with Crippen molar-refractivity contribution in [1.29, 1.82) is 0 Å². The van der Waals surface area contributed by atoms with Crippen LogP contribution in [0.25, 0.3) is 44.5 Å². The molecular formula is C96H116OSi5. The molecule has 0 aliphatic heterocycles. The van der Waals surface area contributed by atoms with Crippen molar-refractivity contribution in [2.45, 2.75) is 229 Å². The SMILES string of the molecule is COCC#Cc1ccc2c(c1C#Cc1c(C#C[Si](C)(C)C(C)(C)C(C)C)ccc(C#C[Si](C)(C)C(C)(C)C(C)C)c1C#Cc1c(C#C[Si](C)(C)C(C)(C)C(C)C)ccc(C#C[Si](C)(C)C(C)(C)C(C)C)c1C#Cc1c(C#C[Si](C)(C)C(C)(C)C(C)C)ccc3c1-c1ccccc1-3)-c1ccccc1-2. The van der Waals surface area contributed by atoms with Gasteiger partial charge in [-0.15, -0.1) is 27.7 Å². The number of ether oxygens (including phenoxy) is 1. The van der Waals surface area contributed by atoms with E-state index in [1.54, 1.807) is 7.11 Å². The van der Waals surface area contributed by atoms with Gasteiger partial charge in [-0.25, -0.2) is 0 Å². The normalized spacial score (nSPS) is 12.7. The topological polar surface area (TPSA) is 9.23 Å². The fraction of sp³-hybridized carbons (Fsp3) is 0.438. The Morgan fingerprint density at radius 3 is 0.706 bits per heavy atom. The van der Waals surface area contributed by atoms with Crippen LogP contribution in [0, 0.1) is 134 Å². The van der Waals surface area contributed by atoms with Crippen molar-refractivity contribution in [3.63, 3.8) is 0 Å². The van der Waals surface area contributed by atoms with E-state index >= 15 is 0 Å². The molecule has 0 spiro atoms. The second kappa shape index (κ2) is 29.9. The molecule has 0 bridgehead atoms. The molecule has 0 saturated carbocycles. The van der Waals surface area contributed by atoms with Crippen LogP contribution in [0.5, 0.6) is 0 Å². The zero-order chi connectivity index (χ0) is 75.9. The van der Waals surface area contributed by atoms with Crippen LogP contribution in [0.15, 0.2) is 97.1 Å². The molecule has 0 fully saturated rings. The third kappa shape index (κ3) is 15.5. The van der Waals surface area contributed by atoms with E-state index in [-0.39, 0.29) is 25.2 Å². The Labute approximate surface area is 626 Å².